The Balaban J connectivity index is 1.78. The molecule has 0 bridgehead atoms. The molecule has 2 aromatic rings. The van der Waals surface area contributed by atoms with Crippen molar-refractivity contribution in [1.82, 2.24) is 4.98 Å². The molecule has 0 atom stereocenters. The van der Waals surface area contributed by atoms with Crippen LogP contribution in [0.5, 0.6) is 0 Å². The molecule has 1 aromatic heterocycles. The van der Waals surface area contributed by atoms with Crippen molar-refractivity contribution in [3.8, 4) is 0 Å². The van der Waals surface area contributed by atoms with Crippen molar-refractivity contribution in [1.29, 1.82) is 0 Å². The molecule has 0 aliphatic carbocycles. The lowest BCUT2D eigenvalue weighted by Gasteiger charge is -2.05. The second kappa shape index (κ2) is 7.93. The Labute approximate surface area is 117 Å². The molecule has 0 unspecified atom stereocenters. The fourth-order valence-corrected chi connectivity index (χ4v) is 2.63. The summed E-state index contributed by atoms with van der Waals surface area (Å²) in [5, 5.41) is 2.64. The van der Waals surface area contributed by atoms with Crippen LogP contribution < -0.4 is 0 Å². The van der Waals surface area contributed by atoms with Gasteiger partial charge in [0.25, 0.3) is 0 Å². The van der Waals surface area contributed by atoms with Gasteiger partial charge in [0, 0.05) is 17.3 Å². The third-order valence-corrected chi connectivity index (χ3v) is 3.77. The first-order chi connectivity index (χ1) is 9.42. The van der Waals surface area contributed by atoms with Crippen LogP contribution in [0.4, 0.5) is 0 Å². The number of fused-ring (bicyclic) bond motifs is 1. The van der Waals surface area contributed by atoms with E-state index in [9.17, 15) is 0 Å². The summed E-state index contributed by atoms with van der Waals surface area (Å²) in [6, 6.07) is 10.7. The lowest BCUT2D eigenvalue weighted by atomic mass is 10.0. The first-order valence-corrected chi connectivity index (χ1v) is 7.74. The number of pyridine rings is 1. The molecular formula is C18H25N. The molecule has 1 nitrogen and oxygen atoms in total. The Morgan fingerprint density at radius 1 is 0.842 bits per heavy atom. The minimum atomic E-state index is 1.12. The van der Waals surface area contributed by atoms with Gasteiger partial charge in [0.15, 0.2) is 0 Å². The van der Waals surface area contributed by atoms with E-state index < -0.39 is 0 Å². The van der Waals surface area contributed by atoms with Gasteiger partial charge in [-0.1, -0.05) is 69.7 Å². The Morgan fingerprint density at radius 3 is 2.42 bits per heavy atom. The molecule has 0 radical (unpaired) electrons. The fourth-order valence-electron chi connectivity index (χ4n) is 2.63. The highest BCUT2D eigenvalue weighted by Crippen LogP contribution is 2.18. The SMILES string of the molecule is CCCCCCCCCc1nccc2ccccc12. The normalized spacial score (nSPS) is 11.0. The maximum absolute atomic E-state index is 4.55. The van der Waals surface area contributed by atoms with E-state index in [0.29, 0.717) is 0 Å². The minimum Gasteiger partial charge on any atom is -0.261 e. The van der Waals surface area contributed by atoms with Crippen LogP contribution in [0, 0.1) is 0 Å². The van der Waals surface area contributed by atoms with E-state index in [4.69, 9.17) is 0 Å². The molecule has 0 saturated carbocycles. The van der Waals surface area contributed by atoms with Crippen molar-refractivity contribution >= 4 is 10.8 Å². The molecule has 19 heavy (non-hydrogen) atoms. The first kappa shape index (κ1) is 14.0. The lowest BCUT2D eigenvalue weighted by molar-refractivity contribution is 0.588. The second-order valence-electron chi connectivity index (χ2n) is 5.35. The smallest absolute Gasteiger partial charge is 0.0481 e. The quantitative estimate of drug-likeness (QED) is 0.565. The van der Waals surface area contributed by atoms with E-state index in [0.717, 1.165) is 6.42 Å². The Hall–Kier alpha value is -1.37. The van der Waals surface area contributed by atoms with Crippen molar-refractivity contribution in [2.75, 3.05) is 0 Å². The van der Waals surface area contributed by atoms with E-state index in [1.54, 1.807) is 0 Å². The average molecular weight is 255 g/mol. The summed E-state index contributed by atoms with van der Waals surface area (Å²) < 4.78 is 0. The van der Waals surface area contributed by atoms with Gasteiger partial charge < -0.3 is 0 Å². The first-order valence-electron chi connectivity index (χ1n) is 7.74. The highest BCUT2D eigenvalue weighted by molar-refractivity contribution is 5.84. The van der Waals surface area contributed by atoms with Gasteiger partial charge in [-0.15, -0.1) is 0 Å². The summed E-state index contributed by atoms with van der Waals surface area (Å²) in [6.07, 6.45) is 12.6. The second-order valence-corrected chi connectivity index (χ2v) is 5.35. The van der Waals surface area contributed by atoms with Crippen LogP contribution in [-0.2, 0) is 6.42 Å². The molecule has 0 aliphatic heterocycles. The number of aromatic nitrogens is 1. The summed E-state index contributed by atoms with van der Waals surface area (Å²) in [6.45, 7) is 2.27. The molecule has 1 aromatic carbocycles. The van der Waals surface area contributed by atoms with Gasteiger partial charge in [-0.05, 0) is 24.3 Å². The van der Waals surface area contributed by atoms with Crippen molar-refractivity contribution in [3.63, 3.8) is 0 Å². The largest absolute Gasteiger partial charge is 0.261 e. The van der Waals surface area contributed by atoms with Crippen LogP contribution in [0.2, 0.25) is 0 Å². The monoisotopic (exact) mass is 255 g/mol. The van der Waals surface area contributed by atoms with Crippen LogP contribution in [-0.4, -0.2) is 4.98 Å². The van der Waals surface area contributed by atoms with Gasteiger partial charge in [0.1, 0.15) is 0 Å². The van der Waals surface area contributed by atoms with Crippen LogP contribution in [0.1, 0.15) is 57.6 Å². The summed E-state index contributed by atoms with van der Waals surface area (Å²) in [4.78, 5) is 4.55. The van der Waals surface area contributed by atoms with Gasteiger partial charge in [-0.25, -0.2) is 0 Å². The maximum Gasteiger partial charge on any atom is 0.0481 e. The van der Waals surface area contributed by atoms with Gasteiger partial charge in [0.05, 0.1) is 0 Å². The van der Waals surface area contributed by atoms with Crippen molar-refractivity contribution in [2.45, 2.75) is 58.3 Å². The molecule has 0 saturated heterocycles. The van der Waals surface area contributed by atoms with E-state index >= 15 is 0 Å². The number of hydrogen-bond acceptors (Lipinski definition) is 1. The van der Waals surface area contributed by atoms with Crippen molar-refractivity contribution < 1.29 is 0 Å². The summed E-state index contributed by atoms with van der Waals surface area (Å²) in [7, 11) is 0. The zero-order valence-electron chi connectivity index (χ0n) is 12.1. The van der Waals surface area contributed by atoms with Gasteiger partial charge in [-0.2, -0.15) is 0 Å². The Bertz CT molecular complexity index is 485. The fraction of sp³-hybridized carbons (Fsp3) is 0.500. The highest BCUT2D eigenvalue weighted by Gasteiger charge is 2.01. The van der Waals surface area contributed by atoms with Crippen LogP contribution in [0.25, 0.3) is 10.8 Å². The number of hydrogen-bond donors (Lipinski definition) is 0. The van der Waals surface area contributed by atoms with Crippen molar-refractivity contribution in [2.24, 2.45) is 0 Å². The van der Waals surface area contributed by atoms with Crippen molar-refractivity contribution in [3.05, 3.63) is 42.2 Å². The minimum absolute atomic E-state index is 1.12. The molecule has 0 fully saturated rings. The van der Waals surface area contributed by atoms with E-state index in [2.05, 4.69) is 42.2 Å². The van der Waals surface area contributed by atoms with Crippen LogP contribution in [0.3, 0.4) is 0 Å². The molecule has 0 aliphatic rings. The third-order valence-electron chi connectivity index (χ3n) is 3.77. The van der Waals surface area contributed by atoms with E-state index in [-0.39, 0.29) is 0 Å². The molecule has 0 amide bonds. The number of benzene rings is 1. The van der Waals surface area contributed by atoms with E-state index in [1.807, 2.05) is 6.20 Å². The molecule has 0 N–H and O–H groups in total. The number of nitrogens with zero attached hydrogens (tertiary/aromatic N) is 1. The molecule has 1 heterocycles. The number of rotatable bonds is 8. The number of aryl methyl sites for hydroxylation is 1. The predicted molar refractivity (Wildman–Crippen MR) is 83.4 cm³/mol. The zero-order valence-corrected chi connectivity index (χ0v) is 12.1. The molecule has 1 heteroatoms. The highest BCUT2D eigenvalue weighted by atomic mass is 14.7. The molecule has 0 spiro atoms. The summed E-state index contributed by atoms with van der Waals surface area (Å²) in [5.74, 6) is 0. The van der Waals surface area contributed by atoms with Gasteiger partial charge in [-0.3, -0.25) is 4.98 Å². The lowest BCUT2D eigenvalue weighted by Crippen LogP contribution is -1.92. The summed E-state index contributed by atoms with van der Waals surface area (Å²) >= 11 is 0. The molecular weight excluding hydrogens is 230 g/mol. The third kappa shape index (κ3) is 4.34. The zero-order chi connectivity index (χ0) is 13.3. The standard InChI is InChI=1S/C18H25N/c1-2-3-4-5-6-7-8-13-18-17-12-10-9-11-16(17)14-15-19-18/h9-12,14-15H,2-8,13H2,1H3. The molecule has 102 valence electrons. The van der Waals surface area contributed by atoms with Gasteiger partial charge >= 0.3 is 0 Å². The summed E-state index contributed by atoms with van der Waals surface area (Å²) in [5.41, 5.74) is 1.27. The Morgan fingerprint density at radius 2 is 1.58 bits per heavy atom. The maximum atomic E-state index is 4.55. The topological polar surface area (TPSA) is 12.9 Å². The number of unbranched alkanes of at least 4 members (excludes halogenated alkanes) is 6. The Kier molecular flexibility index (Phi) is 5.87. The van der Waals surface area contributed by atoms with E-state index in [1.165, 1.54) is 61.4 Å². The molecule has 2 rings (SSSR count). The van der Waals surface area contributed by atoms with Crippen LogP contribution in [0.15, 0.2) is 36.5 Å². The van der Waals surface area contributed by atoms with Crippen LogP contribution >= 0.6 is 0 Å². The van der Waals surface area contributed by atoms with Gasteiger partial charge in [0.2, 0.25) is 0 Å². The predicted octanol–water partition coefficient (Wildman–Crippen LogP) is 5.53. The average Bonchev–Trinajstić information content (AvgIpc) is 2.46.